The summed E-state index contributed by atoms with van der Waals surface area (Å²) < 4.78 is 5.65. The molecule has 0 spiro atoms. The van der Waals surface area contributed by atoms with Crippen molar-refractivity contribution in [3.05, 3.63) is 65.0 Å². The van der Waals surface area contributed by atoms with Gasteiger partial charge in [0.05, 0.1) is 17.7 Å². The molecule has 2 aliphatic rings. The third-order valence-electron chi connectivity index (χ3n) is 7.46. The quantitative estimate of drug-likeness (QED) is 0.669. The number of amides is 1. The second-order valence-electron chi connectivity index (χ2n) is 10.2. The van der Waals surface area contributed by atoms with Crippen LogP contribution in [0.15, 0.2) is 42.5 Å². The van der Waals surface area contributed by atoms with Crippen molar-refractivity contribution in [3.63, 3.8) is 0 Å². The summed E-state index contributed by atoms with van der Waals surface area (Å²) in [5.74, 6) is 0.705. The Kier molecular flexibility index (Phi) is 7.82. The van der Waals surface area contributed by atoms with E-state index in [0.29, 0.717) is 31.7 Å². The van der Waals surface area contributed by atoms with Crippen molar-refractivity contribution in [2.45, 2.75) is 71.4 Å². The lowest BCUT2D eigenvalue weighted by Gasteiger charge is -2.37. The maximum atomic E-state index is 13.5. The Morgan fingerprint density at radius 2 is 2.00 bits per heavy atom. The van der Waals surface area contributed by atoms with Crippen molar-refractivity contribution in [1.82, 2.24) is 15.2 Å². The van der Waals surface area contributed by atoms with Crippen molar-refractivity contribution in [2.24, 2.45) is 5.41 Å². The summed E-state index contributed by atoms with van der Waals surface area (Å²) >= 11 is 0. The monoisotopic (exact) mass is 449 g/mol. The fourth-order valence-corrected chi connectivity index (χ4v) is 5.40. The fourth-order valence-electron chi connectivity index (χ4n) is 5.40. The lowest BCUT2D eigenvalue weighted by Crippen LogP contribution is -2.46. The molecule has 178 valence electrons. The molecule has 2 saturated heterocycles. The van der Waals surface area contributed by atoms with Gasteiger partial charge in [0, 0.05) is 31.5 Å². The number of carbonyl (C=O) groups excluding carboxylic acids is 1. The van der Waals surface area contributed by atoms with E-state index in [9.17, 15) is 4.79 Å². The van der Waals surface area contributed by atoms with E-state index in [2.05, 4.69) is 53.3 Å². The number of hydrogen-bond donors (Lipinski definition) is 1. The molecule has 2 aliphatic heterocycles. The molecular weight excluding hydrogens is 410 g/mol. The predicted molar refractivity (Wildman–Crippen MR) is 132 cm³/mol. The second kappa shape index (κ2) is 10.8. The first-order valence-corrected chi connectivity index (χ1v) is 12.6. The number of piperidine rings is 1. The van der Waals surface area contributed by atoms with E-state index in [1.165, 1.54) is 30.5 Å². The number of ether oxygens (including phenoxy) is 1. The lowest BCUT2D eigenvalue weighted by atomic mass is 9.74. The van der Waals surface area contributed by atoms with Crippen molar-refractivity contribution < 1.29 is 9.53 Å². The third kappa shape index (κ3) is 6.01. The fraction of sp³-hybridized carbons (Fsp3) is 0.571. The lowest BCUT2D eigenvalue weighted by molar-refractivity contribution is -0.136. The number of pyridine rings is 1. The standard InChI is InChI=1S/C28H39N3O2/c1-21(2)31-14-6-10-25(20-31)24-9-5-8-23(17-24)18-28(12-15-33-16-13-28)27(32)29-19-26-11-4-7-22(3)30-26/h4-5,7-9,11,17,21,25H,6,10,12-16,18-20H2,1-3H3,(H,29,32). The van der Waals surface area contributed by atoms with Gasteiger partial charge in [0.2, 0.25) is 5.91 Å². The van der Waals surface area contributed by atoms with Gasteiger partial charge in [-0.2, -0.15) is 0 Å². The molecule has 0 saturated carbocycles. The van der Waals surface area contributed by atoms with Gasteiger partial charge < -0.3 is 15.0 Å². The van der Waals surface area contributed by atoms with Crippen molar-refractivity contribution in [3.8, 4) is 0 Å². The van der Waals surface area contributed by atoms with Crippen molar-refractivity contribution >= 4 is 5.91 Å². The SMILES string of the molecule is Cc1cccc(CNC(=O)C2(Cc3cccc(C4CCCN(C(C)C)C4)c3)CCOCC2)n1. The van der Waals surface area contributed by atoms with Gasteiger partial charge in [0.15, 0.2) is 0 Å². The highest BCUT2D eigenvalue weighted by Gasteiger charge is 2.40. The predicted octanol–water partition coefficient (Wildman–Crippen LogP) is 4.63. The molecule has 0 bridgehead atoms. The minimum atomic E-state index is -0.419. The van der Waals surface area contributed by atoms with E-state index < -0.39 is 5.41 Å². The molecule has 1 aromatic carbocycles. The smallest absolute Gasteiger partial charge is 0.227 e. The van der Waals surface area contributed by atoms with Gasteiger partial charge in [-0.05, 0) is 88.6 Å². The Balaban J connectivity index is 1.48. The zero-order chi connectivity index (χ0) is 23.3. The van der Waals surface area contributed by atoms with Gasteiger partial charge in [0.25, 0.3) is 0 Å². The molecule has 1 amide bonds. The van der Waals surface area contributed by atoms with Crippen LogP contribution < -0.4 is 5.32 Å². The van der Waals surface area contributed by atoms with Crippen LogP contribution in [0.3, 0.4) is 0 Å². The molecule has 5 nitrogen and oxygen atoms in total. The van der Waals surface area contributed by atoms with Gasteiger partial charge >= 0.3 is 0 Å². The van der Waals surface area contributed by atoms with E-state index in [0.717, 1.165) is 37.2 Å². The third-order valence-corrected chi connectivity index (χ3v) is 7.46. The maximum absolute atomic E-state index is 13.5. The summed E-state index contributed by atoms with van der Waals surface area (Å²) in [5.41, 5.74) is 4.14. The summed E-state index contributed by atoms with van der Waals surface area (Å²) in [4.78, 5) is 20.6. The second-order valence-corrected chi connectivity index (χ2v) is 10.2. The van der Waals surface area contributed by atoms with Gasteiger partial charge in [0.1, 0.15) is 0 Å². The number of nitrogens with one attached hydrogen (secondary N) is 1. The Morgan fingerprint density at radius 1 is 1.21 bits per heavy atom. The molecule has 1 aromatic heterocycles. The van der Waals surface area contributed by atoms with Gasteiger partial charge in [-0.3, -0.25) is 9.78 Å². The van der Waals surface area contributed by atoms with E-state index in [4.69, 9.17) is 4.74 Å². The Labute approximate surface area is 198 Å². The number of benzene rings is 1. The highest BCUT2D eigenvalue weighted by Crippen LogP contribution is 2.36. The number of carbonyl (C=O) groups is 1. The average molecular weight is 450 g/mol. The molecule has 3 heterocycles. The first-order chi connectivity index (χ1) is 15.9. The first kappa shape index (κ1) is 23.9. The Hall–Kier alpha value is -2.24. The normalized spacial score (nSPS) is 21.2. The molecule has 33 heavy (non-hydrogen) atoms. The minimum Gasteiger partial charge on any atom is -0.381 e. The summed E-state index contributed by atoms with van der Waals surface area (Å²) in [6.45, 7) is 10.6. The first-order valence-electron chi connectivity index (χ1n) is 12.6. The maximum Gasteiger partial charge on any atom is 0.227 e. The zero-order valence-corrected chi connectivity index (χ0v) is 20.5. The molecule has 1 unspecified atom stereocenters. The van der Waals surface area contributed by atoms with E-state index in [-0.39, 0.29) is 5.91 Å². The van der Waals surface area contributed by atoms with Gasteiger partial charge in [-0.25, -0.2) is 0 Å². The van der Waals surface area contributed by atoms with E-state index in [1.54, 1.807) is 0 Å². The average Bonchev–Trinajstić information content (AvgIpc) is 2.83. The zero-order valence-electron chi connectivity index (χ0n) is 20.5. The largest absolute Gasteiger partial charge is 0.381 e. The summed E-state index contributed by atoms with van der Waals surface area (Å²) in [7, 11) is 0. The summed E-state index contributed by atoms with van der Waals surface area (Å²) in [6.07, 6.45) is 4.78. The van der Waals surface area contributed by atoms with Crippen LogP contribution in [0, 0.1) is 12.3 Å². The molecule has 2 fully saturated rings. The van der Waals surface area contributed by atoms with Crippen LogP contribution in [0.4, 0.5) is 0 Å². The van der Waals surface area contributed by atoms with E-state index >= 15 is 0 Å². The molecule has 1 atom stereocenters. The van der Waals surface area contributed by atoms with Crippen molar-refractivity contribution in [2.75, 3.05) is 26.3 Å². The topological polar surface area (TPSA) is 54.5 Å². The number of aromatic nitrogens is 1. The van der Waals surface area contributed by atoms with Crippen LogP contribution in [0.1, 0.15) is 68.0 Å². The Bertz CT molecular complexity index is 936. The van der Waals surface area contributed by atoms with Crippen molar-refractivity contribution in [1.29, 1.82) is 0 Å². The molecule has 1 N–H and O–H groups in total. The number of aryl methyl sites for hydroxylation is 1. The Morgan fingerprint density at radius 3 is 2.76 bits per heavy atom. The highest BCUT2D eigenvalue weighted by molar-refractivity contribution is 5.83. The van der Waals surface area contributed by atoms with Gasteiger partial charge in [-0.1, -0.05) is 30.3 Å². The highest BCUT2D eigenvalue weighted by atomic mass is 16.5. The van der Waals surface area contributed by atoms with Gasteiger partial charge in [-0.15, -0.1) is 0 Å². The number of likely N-dealkylation sites (tertiary alicyclic amines) is 1. The van der Waals surface area contributed by atoms with Crippen LogP contribution in [0.5, 0.6) is 0 Å². The minimum absolute atomic E-state index is 0.128. The van der Waals surface area contributed by atoms with E-state index in [1.807, 2.05) is 25.1 Å². The number of nitrogens with zero attached hydrogens (tertiary/aromatic N) is 2. The molecule has 5 heteroatoms. The van der Waals surface area contributed by atoms with Crippen LogP contribution in [-0.2, 0) is 22.5 Å². The number of hydrogen-bond acceptors (Lipinski definition) is 4. The molecule has 2 aromatic rings. The van der Waals surface area contributed by atoms with Crippen LogP contribution in [0.2, 0.25) is 0 Å². The summed E-state index contributed by atoms with van der Waals surface area (Å²) in [5, 5.41) is 3.19. The number of rotatable bonds is 7. The van der Waals surface area contributed by atoms with Crippen LogP contribution >= 0.6 is 0 Å². The summed E-state index contributed by atoms with van der Waals surface area (Å²) in [6, 6.07) is 15.5. The molecular formula is C28H39N3O2. The molecule has 0 radical (unpaired) electrons. The van der Waals surface area contributed by atoms with Crippen LogP contribution in [-0.4, -0.2) is 48.1 Å². The molecule has 4 rings (SSSR count). The van der Waals surface area contributed by atoms with Crippen LogP contribution in [0.25, 0.3) is 0 Å². The molecule has 0 aliphatic carbocycles.